The zero-order chi connectivity index (χ0) is 17.2. The molecular formula is C16H22N2O5S. The molecule has 1 aromatic rings. The predicted molar refractivity (Wildman–Crippen MR) is 87.3 cm³/mol. The van der Waals surface area contributed by atoms with Crippen LogP contribution >= 0.6 is 0 Å². The van der Waals surface area contributed by atoms with Gasteiger partial charge in [0.05, 0.1) is 12.0 Å². The fourth-order valence-electron chi connectivity index (χ4n) is 3.04. The Morgan fingerprint density at radius 3 is 2.62 bits per heavy atom. The molecule has 3 rings (SSSR count). The van der Waals surface area contributed by atoms with E-state index in [2.05, 4.69) is 0 Å². The molecule has 8 heteroatoms. The summed E-state index contributed by atoms with van der Waals surface area (Å²) in [6.45, 7) is 1.99. The van der Waals surface area contributed by atoms with Crippen molar-refractivity contribution >= 4 is 15.9 Å². The Hall–Kier alpha value is -1.64. The molecule has 2 aliphatic heterocycles. The summed E-state index contributed by atoms with van der Waals surface area (Å²) in [7, 11) is -2.08. The summed E-state index contributed by atoms with van der Waals surface area (Å²) in [6, 6.07) is 6.43. The highest BCUT2D eigenvalue weighted by molar-refractivity contribution is 7.89. The minimum Gasteiger partial charge on any atom is -0.497 e. The number of nitrogens with zero attached hydrogens (tertiary/aromatic N) is 2. The second kappa shape index (κ2) is 7.08. The van der Waals surface area contributed by atoms with Gasteiger partial charge in [0.1, 0.15) is 11.9 Å². The molecule has 132 valence electrons. The second-order valence-electron chi connectivity index (χ2n) is 5.91. The number of hydrogen-bond acceptors (Lipinski definition) is 5. The number of piperazine rings is 1. The summed E-state index contributed by atoms with van der Waals surface area (Å²) >= 11 is 0. The molecule has 0 radical (unpaired) electrons. The molecule has 7 nitrogen and oxygen atoms in total. The average molecular weight is 354 g/mol. The molecule has 0 aromatic heterocycles. The Labute approximate surface area is 142 Å². The first kappa shape index (κ1) is 17.2. The van der Waals surface area contributed by atoms with Gasteiger partial charge in [0.25, 0.3) is 5.91 Å². The molecule has 2 saturated heterocycles. The molecule has 0 spiro atoms. The normalized spacial score (nSPS) is 22.5. The monoisotopic (exact) mass is 354 g/mol. The van der Waals surface area contributed by atoms with Crippen LogP contribution in [0.15, 0.2) is 29.2 Å². The van der Waals surface area contributed by atoms with Crippen LogP contribution in [0.3, 0.4) is 0 Å². The van der Waals surface area contributed by atoms with Crippen LogP contribution in [0, 0.1) is 0 Å². The van der Waals surface area contributed by atoms with E-state index in [0.29, 0.717) is 25.4 Å². The van der Waals surface area contributed by atoms with Crippen molar-refractivity contribution in [2.45, 2.75) is 23.8 Å². The summed E-state index contributed by atoms with van der Waals surface area (Å²) in [6.07, 6.45) is 1.30. The predicted octanol–water partition coefficient (Wildman–Crippen LogP) is 0.707. The summed E-state index contributed by atoms with van der Waals surface area (Å²) in [4.78, 5) is 14.2. The van der Waals surface area contributed by atoms with Crippen molar-refractivity contribution in [3.8, 4) is 5.75 Å². The molecule has 0 saturated carbocycles. The van der Waals surface area contributed by atoms with Gasteiger partial charge in [0, 0.05) is 38.9 Å². The third kappa shape index (κ3) is 3.40. The number of hydrogen-bond donors (Lipinski definition) is 0. The van der Waals surface area contributed by atoms with Crippen LogP contribution in [0.5, 0.6) is 5.75 Å². The van der Waals surface area contributed by atoms with Crippen molar-refractivity contribution in [2.75, 3.05) is 39.9 Å². The molecule has 0 bridgehead atoms. The Kier molecular flexibility index (Phi) is 5.07. The van der Waals surface area contributed by atoms with Crippen LogP contribution in [0.4, 0.5) is 0 Å². The first-order chi connectivity index (χ1) is 11.5. The van der Waals surface area contributed by atoms with Gasteiger partial charge < -0.3 is 14.4 Å². The van der Waals surface area contributed by atoms with Crippen molar-refractivity contribution in [3.63, 3.8) is 0 Å². The van der Waals surface area contributed by atoms with E-state index >= 15 is 0 Å². The lowest BCUT2D eigenvalue weighted by Crippen LogP contribution is -2.52. The molecule has 0 N–H and O–H groups in total. The number of carbonyl (C=O) groups excluding carboxylic acids is 1. The topological polar surface area (TPSA) is 76.2 Å². The summed E-state index contributed by atoms with van der Waals surface area (Å²) in [5.41, 5.74) is 0. The largest absolute Gasteiger partial charge is 0.497 e. The van der Waals surface area contributed by atoms with Gasteiger partial charge in [-0.15, -0.1) is 0 Å². The van der Waals surface area contributed by atoms with Crippen molar-refractivity contribution in [1.29, 1.82) is 0 Å². The average Bonchev–Trinajstić information content (AvgIpc) is 3.16. The van der Waals surface area contributed by atoms with Crippen molar-refractivity contribution in [2.24, 2.45) is 0 Å². The maximum atomic E-state index is 12.7. The summed E-state index contributed by atoms with van der Waals surface area (Å²) < 4.78 is 37.4. The van der Waals surface area contributed by atoms with Crippen molar-refractivity contribution in [3.05, 3.63) is 24.3 Å². The van der Waals surface area contributed by atoms with Gasteiger partial charge in [0.15, 0.2) is 0 Å². The highest BCUT2D eigenvalue weighted by Gasteiger charge is 2.34. The molecule has 1 atom stereocenters. The van der Waals surface area contributed by atoms with Crippen LogP contribution < -0.4 is 4.74 Å². The van der Waals surface area contributed by atoms with Gasteiger partial charge in [-0.2, -0.15) is 4.31 Å². The highest BCUT2D eigenvalue weighted by Crippen LogP contribution is 2.23. The molecule has 1 amide bonds. The zero-order valence-corrected chi connectivity index (χ0v) is 14.5. The summed E-state index contributed by atoms with van der Waals surface area (Å²) in [5.74, 6) is 0.481. The van der Waals surface area contributed by atoms with Crippen LogP contribution in [0.1, 0.15) is 12.8 Å². The van der Waals surface area contributed by atoms with Gasteiger partial charge >= 0.3 is 0 Å². The fraction of sp³-hybridized carbons (Fsp3) is 0.562. The fourth-order valence-corrected chi connectivity index (χ4v) is 4.49. The van der Waals surface area contributed by atoms with Gasteiger partial charge in [-0.3, -0.25) is 4.79 Å². The van der Waals surface area contributed by atoms with Gasteiger partial charge in [-0.05, 0) is 25.0 Å². The summed E-state index contributed by atoms with van der Waals surface area (Å²) in [5, 5.41) is 0. The molecule has 0 aliphatic carbocycles. The van der Waals surface area contributed by atoms with Gasteiger partial charge in [-0.1, -0.05) is 6.07 Å². The van der Waals surface area contributed by atoms with Crippen molar-refractivity contribution in [1.82, 2.24) is 9.21 Å². The maximum Gasteiger partial charge on any atom is 0.251 e. The Morgan fingerprint density at radius 1 is 1.25 bits per heavy atom. The minimum absolute atomic E-state index is 0.0223. The van der Waals surface area contributed by atoms with Crippen molar-refractivity contribution < 1.29 is 22.7 Å². The third-order valence-electron chi connectivity index (χ3n) is 4.43. The standard InChI is InChI=1S/C16H22N2O5S/c1-22-13-4-2-5-14(12-13)24(20,21)18-9-7-17(8-10-18)16(19)15-6-3-11-23-15/h2,4-5,12,15H,3,6-11H2,1H3/t15-/m1/s1. The SMILES string of the molecule is COc1cccc(S(=O)(=O)N2CCN(C(=O)[C@H]3CCCO3)CC2)c1. The molecule has 2 heterocycles. The Morgan fingerprint density at radius 2 is 2.00 bits per heavy atom. The molecule has 24 heavy (non-hydrogen) atoms. The molecular weight excluding hydrogens is 332 g/mol. The quantitative estimate of drug-likeness (QED) is 0.796. The number of methoxy groups -OCH3 is 1. The van der Waals surface area contributed by atoms with Gasteiger partial charge in [0.2, 0.25) is 10.0 Å². The van der Waals surface area contributed by atoms with Crippen LogP contribution in [-0.2, 0) is 19.6 Å². The lowest BCUT2D eigenvalue weighted by atomic mass is 10.2. The maximum absolute atomic E-state index is 12.7. The van der Waals surface area contributed by atoms with Crippen LogP contribution in [-0.4, -0.2) is 69.5 Å². The number of amides is 1. The van der Waals surface area contributed by atoms with E-state index in [1.54, 1.807) is 23.1 Å². The van der Waals surface area contributed by atoms with E-state index in [9.17, 15) is 13.2 Å². The lowest BCUT2D eigenvalue weighted by molar-refractivity contribution is -0.142. The third-order valence-corrected chi connectivity index (χ3v) is 6.33. The van der Waals surface area contributed by atoms with Gasteiger partial charge in [-0.25, -0.2) is 8.42 Å². The first-order valence-electron chi connectivity index (χ1n) is 8.07. The van der Waals surface area contributed by atoms with Crippen LogP contribution in [0.2, 0.25) is 0 Å². The molecule has 1 aromatic carbocycles. The van der Waals surface area contributed by atoms with E-state index in [4.69, 9.17) is 9.47 Å². The number of sulfonamides is 1. The molecule has 2 aliphatic rings. The number of rotatable bonds is 4. The zero-order valence-electron chi connectivity index (χ0n) is 13.7. The Bertz CT molecular complexity index is 692. The number of ether oxygens (including phenoxy) is 2. The van der Waals surface area contributed by atoms with E-state index < -0.39 is 10.0 Å². The Balaban J connectivity index is 1.65. The lowest BCUT2D eigenvalue weighted by Gasteiger charge is -2.35. The molecule has 0 unspecified atom stereocenters. The first-order valence-corrected chi connectivity index (χ1v) is 9.51. The molecule has 2 fully saturated rings. The number of benzene rings is 1. The van der Waals surface area contributed by atoms with E-state index in [0.717, 1.165) is 12.8 Å². The van der Waals surface area contributed by atoms with E-state index in [-0.39, 0.29) is 30.0 Å². The number of carbonyl (C=O) groups is 1. The highest BCUT2D eigenvalue weighted by atomic mass is 32.2. The smallest absolute Gasteiger partial charge is 0.251 e. The van der Waals surface area contributed by atoms with E-state index in [1.165, 1.54) is 17.5 Å². The van der Waals surface area contributed by atoms with Crippen LogP contribution in [0.25, 0.3) is 0 Å². The van der Waals surface area contributed by atoms with E-state index in [1.807, 2.05) is 0 Å². The second-order valence-corrected chi connectivity index (χ2v) is 7.85. The minimum atomic E-state index is -3.58.